The summed E-state index contributed by atoms with van der Waals surface area (Å²) in [4.78, 5) is 17.7. The predicted octanol–water partition coefficient (Wildman–Crippen LogP) is 2.90. The SMILES string of the molecule is O=C(NCC1(CO)CCOCC1)c1nc(C2CCCCC2)n2ccccc12. The minimum Gasteiger partial charge on any atom is -0.396 e. The molecule has 4 rings (SSSR count). The van der Waals surface area contributed by atoms with E-state index in [0.29, 0.717) is 31.4 Å². The Morgan fingerprint density at radius 3 is 2.78 bits per heavy atom. The number of fused-ring (bicyclic) bond motifs is 1. The van der Waals surface area contributed by atoms with Gasteiger partial charge in [-0.1, -0.05) is 25.3 Å². The molecular formula is C21H29N3O3. The summed E-state index contributed by atoms with van der Waals surface area (Å²) in [7, 11) is 0. The summed E-state index contributed by atoms with van der Waals surface area (Å²) >= 11 is 0. The zero-order chi connectivity index (χ0) is 18.7. The molecular weight excluding hydrogens is 342 g/mol. The monoisotopic (exact) mass is 371 g/mol. The highest BCUT2D eigenvalue weighted by Crippen LogP contribution is 2.33. The maximum atomic E-state index is 13.0. The number of amides is 1. The number of hydrogen-bond acceptors (Lipinski definition) is 4. The van der Waals surface area contributed by atoms with E-state index < -0.39 is 0 Å². The topological polar surface area (TPSA) is 75.9 Å². The van der Waals surface area contributed by atoms with Crippen LogP contribution in [0.1, 0.15) is 67.2 Å². The number of aliphatic hydroxyl groups is 1. The Kier molecular flexibility index (Phi) is 5.45. The Morgan fingerprint density at radius 2 is 2.04 bits per heavy atom. The number of nitrogens with one attached hydrogen (secondary N) is 1. The molecule has 6 heteroatoms. The van der Waals surface area contributed by atoms with Gasteiger partial charge in [0.25, 0.3) is 5.91 Å². The summed E-state index contributed by atoms with van der Waals surface area (Å²) in [6, 6.07) is 5.90. The van der Waals surface area contributed by atoms with Crippen LogP contribution in [0.15, 0.2) is 24.4 Å². The molecule has 1 amide bonds. The lowest BCUT2D eigenvalue weighted by Crippen LogP contribution is -2.43. The van der Waals surface area contributed by atoms with Crippen molar-refractivity contribution in [1.29, 1.82) is 0 Å². The number of nitrogens with zero attached hydrogens (tertiary/aromatic N) is 2. The van der Waals surface area contributed by atoms with Crippen LogP contribution < -0.4 is 5.32 Å². The number of carbonyl (C=O) groups is 1. The Hall–Kier alpha value is -1.92. The van der Waals surface area contributed by atoms with Gasteiger partial charge in [-0.25, -0.2) is 4.98 Å². The van der Waals surface area contributed by atoms with E-state index in [9.17, 15) is 9.90 Å². The normalized spacial score (nSPS) is 20.6. The van der Waals surface area contributed by atoms with E-state index in [1.54, 1.807) is 0 Å². The van der Waals surface area contributed by atoms with E-state index in [1.165, 1.54) is 19.3 Å². The van der Waals surface area contributed by atoms with Crippen LogP contribution in [0.2, 0.25) is 0 Å². The van der Waals surface area contributed by atoms with Gasteiger partial charge in [0.15, 0.2) is 5.69 Å². The van der Waals surface area contributed by atoms with E-state index in [0.717, 1.165) is 37.0 Å². The van der Waals surface area contributed by atoms with E-state index in [2.05, 4.69) is 9.72 Å². The van der Waals surface area contributed by atoms with Crippen LogP contribution in [0.4, 0.5) is 0 Å². The van der Waals surface area contributed by atoms with Gasteiger partial charge in [-0.15, -0.1) is 0 Å². The van der Waals surface area contributed by atoms with Gasteiger partial charge in [-0.05, 0) is 37.8 Å². The van der Waals surface area contributed by atoms with Crippen molar-refractivity contribution in [3.63, 3.8) is 0 Å². The number of pyridine rings is 1. The molecule has 146 valence electrons. The number of aromatic nitrogens is 2. The maximum absolute atomic E-state index is 13.0. The third-order valence-electron chi connectivity index (χ3n) is 6.27. The second-order valence-electron chi connectivity index (χ2n) is 8.06. The van der Waals surface area contributed by atoms with Gasteiger partial charge in [0, 0.05) is 37.3 Å². The molecule has 2 fully saturated rings. The zero-order valence-corrected chi connectivity index (χ0v) is 15.8. The van der Waals surface area contributed by atoms with Gasteiger partial charge in [0.2, 0.25) is 0 Å². The van der Waals surface area contributed by atoms with Gasteiger partial charge < -0.3 is 19.6 Å². The summed E-state index contributed by atoms with van der Waals surface area (Å²) in [6.07, 6.45) is 9.58. The van der Waals surface area contributed by atoms with Crippen LogP contribution in [0, 0.1) is 5.41 Å². The molecule has 1 saturated heterocycles. The van der Waals surface area contributed by atoms with Gasteiger partial charge >= 0.3 is 0 Å². The second-order valence-corrected chi connectivity index (χ2v) is 8.06. The lowest BCUT2D eigenvalue weighted by Gasteiger charge is -2.35. The summed E-state index contributed by atoms with van der Waals surface area (Å²) in [5, 5.41) is 12.9. The smallest absolute Gasteiger partial charge is 0.272 e. The lowest BCUT2D eigenvalue weighted by molar-refractivity contribution is -0.0146. The molecule has 0 bridgehead atoms. The highest BCUT2D eigenvalue weighted by molar-refractivity contribution is 5.99. The fraction of sp³-hybridized carbons (Fsp3) is 0.619. The Morgan fingerprint density at radius 1 is 1.26 bits per heavy atom. The molecule has 1 saturated carbocycles. The molecule has 6 nitrogen and oxygen atoms in total. The largest absolute Gasteiger partial charge is 0.396 e. The number of ether oxygens (including phenoxy) is 1. The third-order valence-corrected chi connectivity index (χ3v) is 6.27. The first-order valence-corrected chi connectivity index (χ1v) is 10.2. The zero-order valence-electron chi connectivity index (χ0n) is 15.8. The highest BCUT2D eigenvalue weighted by Gasteiger charge is 2.33. The fourth-order valence-electron chi connectivity index (χ4n) is 4.42. The number of hydrogen-bond donors (Lipinski definition) is 2. The standard InChI is InChI=1S/C21H29N3O3/c25-15-21(9-12-27-13-10-21)14-22-20(26)18-17-8-4-5-11-24(17)19(23-18)16-6-2-1-3-7-16/h4-5,8,11,16,25H,1-3,6-7,9-10,12-15H2,(H,22,26). The Labute approximate surface area is 159 Å². The minimum atomic E-state index is -0.282. The molecule has 0 atom stereocenters. The van der Waals surface area contributed by atoms with E-state index in [-0.39, 0.29) is 17.9 Å². The molecule has 27 heavy (non-hydrogen) atoms. The van der Waals surface area contributed by atoms with Crippen molar-refractivity contribution in [2.75, 3.05) is 26.4 Å². The quantitative estimate of drug-likeness (QED) is 0.847. The number of carbonyl (C=O) groups excluding carboxylic acids is 1. The van der Waals surface area contributed by atoms with E-state index in [4.69, 9.17) is 9.72 Å². The molecule has 0 radical (unpaired) electrons. The van der Waals surface area contributed by atoms with Crippen LogP contribution in [-0.4, -0.2) is 46.8 Å². The van der Waals surface area contributed by atoms with Crippen molar-refractivity contribution >= 4 is 11.4 Å². The summed E-state index contributed by atoms with van der Waals surface area (Å²) in [6.45, 7) is 1.79. The van der Waals surface area contributed by atoms with Crippen molar-refractivity contribution < 1.29 is 14.6 Å². The Bertz CT molecular complexity index is 789. The first-order valence-electron chi connectivity index (χ1n) is 10.2. The van der Waals surface area contributed by atoms with E-state index in [1.807, 2.05) is 24.4 Å². The molecule has 2 N–H and O–H groups in total. The van der Waals surface area contributed by atoms with Gasteiger partial charge in [0.05, 0.1) is 12.1 Å². The molecule has 1 aliphatic heterocycles. The number of aliphatic hydroxyl groups excluding tert-OH is 1. The van der Waals surface area contributed by atoms with Crippen molar-refractivity contribution in [2.24, 2.45) is 5.41 Å². The second kappa shape index (κ2) is 7.98. The highest BCUT2D eigenvalue weighted by atomic mass is 16.5. The Balaban J connectivity index is 1.56. The van der Waals surface area contributed by atoms with Crippen LogP contribution >= 0.6 is 0 Å². The summed E-state index contributed by atoms with van der Waals surface area (Å²) in [5.41, 5.74) is 1.08. The first kappa shape index (κ1) is 18.4. The predicted molar refractivity (Wildman–Crippen MR) is 103 cm³/mol. The van der Waals surface area contributed by atoms with Gasteiger partial charge in [-0.3, -0.25) is 4.79 Å². The summed E-state index contributed by atoms with van der Waals surface area (Å²) < 4.78 is 7.49. The lowest BCUT2D eigenvalue weighted by atomic mass is 9.81. The minimum absolute atomic E-state index is 0.0634. The third kappa shape index (κ3) is 3.73. The van der Waals surface area contributed by atoms with Crippen LogP contribution in [0.3, 0.4) is 0 Å². The summed E-state index contributed by atoms with van der Waals surface area (Å²) in [5.74, 6) is 1.29. The number of rotatable bonds is 5. The first-order chi connectivity index (χ1) is 13.2. The molecule has 3 heterocycles. The van der Waals surface area contributed by atoms with Crippen molar-refractivity contribution in [3.8, 4) is 0 Å². The maximum Gasteiger partial charge on any atom is 0.272 e. The van der Waals surface area contributed by atoms with E-state index >= 15 is 0 Å². The molecule has 0 spiro atoms. The molecule has 2 aromatic heterocycles. The van der Waals surface area contributed by atoms with Crippen LogP contribution in [0.5, 0.6) is 0 Å². The fourth-order valence-corrected chi connectivity index (χ4v) is 4.42. The molecule has 2 aliphatic rings. The average molecular weight is 371 g/mol. The number of imidazole rings is 1. The average Bonchev–Trinajstić information content (AvgIpc) is 3.13. The molecule has 1 aliphatic carbocycles. The van der Waals surface area contributed by atoms with Crippen LogP contribution in [-0.2, 0) is 4.74 Å². The molecule has 0 aromatic carbocycles. The van der Waals surface area contributed by atoms with Gasteiger partial charge in [-0.2, -0.15) is 0 Å². The van der Waals surface area contributed by atoms with Crippen molar-refractivity contribution in [2.45, 2.75) is 50.9 Å². The van der Waals surface area contributed by atoms with Crippen molar-refractivity contribution in [3.05, 3.63) is 35.9 Å². The molecule has 0 unspecified atom stereocenters. The van der Waals surface area contributed by atoms with Crippen molar-refractivity contribution in [1.82, 2.24) is 14.7 Å². The van der Waals surface area contributed by atoms with Gasteiger partial charge in [0.1, 0.15) is 5.82 Å². The molecule has 2 aromatic rings. The van der Waals surface area contributed by atoms with Crippen LogP contribution in [0.25, 0.3) is 5.52 Å².